The van der Waals surface area contributed by atoms with Gasteiger partial charge in [-0.2, -0.15) is 0 Å². The van der Waals surface area contributed by atoms with Crippen LogP contribution in [0.1, 0.15) is 45.3 Å². The van der Waals surface area contributed by atoms with Crippen LogP contribution in [0.4, 0.5) is 0 Å². The van der Waals surface area contributed by atoms with Crippen molar-refractivity contribution in [1.82, 2.24) is 19.7 Å². The molecule has 0 bridgehead atoms. The summed E-state index contributed by atoms with van der Waals surface area (Å²) in [4.78, 5) is 0. The minimum atomic E-state index is -3.27. The van der Waals surface area contributed by atoms with Crippen LogP contribution in [0.15, 0.2) is 6.20 Å². The Labute approximate surface area is 126 Å². The van der Waals surface area contributed by atoms with E-state index in [4.69, 9.17) is 4.74 Å². The predicted octanol–water partition coefficient (Wildman–Crippen LogP) is 1.10. The van der Waals surface area contributed by atoms with Crippen LogP contribution in [0, 0.1) is 5.41 Å². The lowest BCUT2D eigenvalue weighted by Gasteiger charge is -2.17. The van der Waals surface area contributed by atoms with Crippen LogP contribution in [0.5, 0.6) is 0 Å². The minimum absolute atomic E-state index is 0.000354. The number of hydrogen-bond acceptors (Lipinski definition) is 5. The Kier molecular flexibility index (Phi) is 5.00. The van der Waals surface area contributed by atoms with Gasteiger partial charge < -0.3 is 4.74 Å². The Morgan fingerprint density at radius 2 is 2.24 bits per heavy atom. The van der Waals surface area contributed by atoms with Crippen molar-refractivity contribution in [3.8, 4) is 0 Å². The average molecular weight is 316 g/mol. The van der Waals surface area contributed by atoms with E-state index in [-0.39, 0.29) is 23.8 Å². The number of hydrogen-bond donors (Lipinski definition) is 1. The first-order valence-corrected chi connectivity index (χ1v) is 8.86. The fourth-order valence-corrected chi connectivity index (χ4v) is 3.39. The summed E-state index contributed by atoms with van der Waals surface area (Å²) in [5, 5.41) is 8.04. The van der Waals surface area contributed by atoms with E-state index in [1.807, 2.05) is 20.8 Å². The fourth-order valence-electron chi connectivity index (χ4n) is 2.00. The lowest BCUT2D eigenvalue weighted by molar-refractivity contribution is 0.184. The van der Waals surface area contributed by atoms with E-state index >= 15 is 0 Å². The standard InChI is InChI=1S/C13H24N4O3S/c1-13(2,3)5-7-21(18,19)14-8-11-9-17(16-15-11)12-4-6-20-10-12/h9,12,14H,4-8,10H2,1-3H3. The Bertz CT molecular complexity index is 556. The molecule has 0 saturated carbocycles. The molecule has 7 nitrogen and oxygen atoms in total. The third-order valence-electron chi connectivity index (χ3n) is 3.43. The van der Waals surface area contributed by atoms with Crippen LogP contribution >= 0.6 is 0 Å². The first kappa shape index (κ1) is 16.4. The number of ether oxygens (including phenoxy) is 1. The third-order valence-corrected chi connectivity index (χ3v) is 4.76. The topological polar surface area (TPSA) is 86.1 Å². The minimum Gasteiger partial charge on any atom is -0.379 e. The van der Waals surface area contributed by atoms with E-state index in [1.54, 1.807) is 10.9 Å². The van der Waals surface area contributed by atoms with Crippen molar-refractivity contribution >= 4 is 10.0 Å². The lowest BCUT2D eigenvalue weighted by atomic mass is 9.94. The highest BCUT2D eigenvalue weighted by Gasteiger charge is 2.20. The van der Waals surface area contributed by atoms with Crippen molar-refractivity contribution in [3.05, 3.63) is 11.9 Å². The van der Waals surface area contributed by atoms with Crippen molar-refractivity contribution in [2.24, 2.45) is 5.41 Å². The van der Waals surface area contributed by atoms with E-state index in [0.717, 1.165) is 13.0 Å². The largest absolute Gasteiger partial charge is 0.379 e. The monoisotopic (exact) mass is 316 g/mol. The number of nitrogens with zero attached hydrogens (tertiary/aromatic N) is 3. The molecular formula is C13H24N4O3S. The lowest BCUT2D eigenvalue weighted by Crippen LogP contribution is -2.28. The molecule has 2 rings (SSSR count). The maximum Gasteiger partial charge on any atom is 0.211 e. The van der Waals surface area contributed by atoms with Gasteiger partial charge in [-0.25, -0.2) is 17.8 Å². The molecule has 1 unspecified atom stereocenters. The molecule has 1 fully saturated rings. The number of aromatic nitrogens is 3. The van der Waals surface area contributed by atoms with Gasteiger partial charge in [-0.05, 0) is 18.3 Å². The van der Waals surface area contributed by atoms with Gasteiger partial charge in [0.1, 0.15) is 0 Å². The van der Waals surface area contributed by atoms with Crippen molar-refractivity contribution in [2.75, 3.05) is 19.0 Å². The third kappa shape index (κ3) is 5.37. The quantitative estimate of drug-likeness (QED) is 0.849. The molecule has 1 aliphatic rings. The maximum atomic E-state index is 11.9. The summed E-state index contributed by atoms with van der Waals surface area (Å²) in [6.45, 7) is 7.63. The van der Waals surface area contributed by atoms with Crippen LogP contribution < -0.4 is 4.72 Å². The molecule has 1 aromatic heterocycles. The second-order valence-electron chi connectivity index (χ2n) is 6.66. The SMILES string of the molecule is CC(C)(C)CCS(=O)(=O)NCc1cn(C2CCOC2)nn1. The van der Waals surface area contributed by atoms with Crippen molar-refractivity contribution in [2.45, 2.75) is 46.2 Å². The summed E-state index contributed by atoms with van der Waals surface area (Å²) in [6.07, 6.45) is 3.32. The zero-order valence-corrected chi connectivity index (χ0v) is 13.7. The molecular weight excluding hydrogens is 292 g/mol. The van der Waals surface area contributed by atoms with Crippen LogP contribution in [0.25, 0.3) is 0 Å². The molecule has 21 heavy (non-hydrogen) atoms. The summed E-state index contributed by atoms with van der Waals surface area (Å²) < 4.78 is 33.5. The molecule has 0 amide bonds. The summed E-state index contributed by atoms with van der Waals surface area (Å²) in [5.41, 5.74) is 0.626. The van der Waals surface area contributed by atoms with Gasteiger partial charge in [0.25, 0.3) is 0 Å². The normalized spacial score (nSPS) is 20.0. The second kappa shape index (κ2) is 6.41. The van der Waals surface area contributed by atoms with Gasteiger partial charge >= 0.3 is 0 Å². The molecule has 0 radical (unpaired) electrons. The van der Waals surface area contributed by atoms with Crippen LogP contribution in [0.2, 0.25) is 0 Å². The smallest absolute Gasteiger partial charge is 0.211 e. The van der Waals surface area contributed by atoms with Gasteiger partial charge in [0, 0.05) is 6.61 Å². The Morgan fingerprint density at radius 3 is 2.86 bits per heavy atom. The molecule has 0 spiro atoms. The Hall–Kier alpha value is -0.990. The van der Waals surface area contributed by atoms with Crippen LogP contribution in [-0.2, 0) is 21.3 Å². The summed E-state index contributed by atoms with van der Waals surface area (Å²) in [5.74, 6) is 0.126. The highest BCUT2D eigenvalue weighted by molar-refractivity contribution is 7.89. The predicted molar refractivity (Wildman–Crippen MR) is 79.2 cm³/mol. The number of rotatable bonds is 6. The first-order chi connectivity index (χ1) is 9.75. The summed E-state index contributed by atoms with van der Waals surface area (Å²) in [7, 11) is -3.27. The Balaban J connectivity index is 1.84. The van der Waals surface area contributed by atoms with Gasteiger partial charge in [-0.3, -0.25) is 0 Å². The first-order valence-electron chi connectivity index (χ1n) is 7.21. The van der Waals surface area contributed by atoms with Gasteiger partial charge in [0.2, 0.25) is 10.0 Å². The van der Waals surface area contributed by atoms with Gasteiger partial charge in [0.05, 0.1) is 36.8 Å². The molecule has 1 aromatic rings. The van der Waals surface area contributed by atoms with E-state index in [9.17, 15) is 8.42 Å². The number of nitrogens with one attached hydrogen (secondary N) is 1. The van der Waals surface area contributed by atoms with E-state index in [0.29, 0.717) is 18.7 Å². The molecule has 8 heteroatoms. The fraction of sp³-hybridized carbons (Fsp3) is 0.846. The molecule has 1 saturated heterocycles. The highest BCUT2D eigenvalue weighted by atomic mass is 32.2. The van der Waals surface area contributed by atoms with E-state index in [2.05, 4.69) is 15.0 Å². The van der Waals surface area contributed by atoms with Crippen molar-refractivity contribution in [1.29, 1.82) is 0 Å². The molecule has 1 atom stereocenters. The van der Waals surface area contributed by atoms with E-state index < -0.39 is 10.0 Å². The Morgan fingerprint density at radius 1 is 1.48 bits per heavy atom. The average Bonchev–Trinajstić information content (AvgIpc) is 3.04. The maximum absolute atomic E-state index is 11.9. The van der Waals surface area contributed by atoms with Crippen LogP contribution in [-0.4, -0.2) is 42.4 Å². The highest BCUT2D eigenvalue weighted by Crippen LogP contribution is 2.19. The van der Waals surface area contributed by atoms with Gasteiger partial charge in [-0.15, -0.1) is 5.10 Å². The van der Waals surface area contributed by atoms with Gasteiger partial charge in [0.15, 0.2) is 0 Å². The molecule has 2 heterocycles. The molecule has 1 N–H and O–H groups in total. The summed E-state index contributed by atoms with van der Waals surface area (Å²) in [6, 6.07) is 0.212. The van der Waals surface area contributed by atoms with Crippen molar-refractivity contribution in [3.63, 3.8) is 0 Å². The molecule has 120 valence electrons. The second-order valence-corrected chi connectivity index (χ2v) is 8.58. The molecule has 0 aliphatic carbocycles. The summed E-state index contributed by atoms with van der Waals surface area (Å²) >= 11 is 0. The zero-order chi connectivity index (χ0) is 15.5. The molecule has 0 aromatic carbocycles. The van der Waals surface area contributed by atoms with Crippen LogP contribution in [0.3, 0.4) is 0 Å². The van der Waals surface area contributed by atoms with Crippen molar-refractivity contribution < 1.29 is 13.2 Å². The van der Waals surface area contributed by atoms with E-state index in [1.165, 1.54) is 0 Å². The number of sulfonamides is 1. The van der Waals surface area contributed by atoms with Gasteiger partial charge in [-0.1, -0.05) is 26.0 Å². The zero-order valence-electron chi connectivity index (χ0n) is 12.9. The molecule has 1 aliphatic heterocycles.